The smallest absolute Gasteiger partial charge is 0.265 e. The first-order valence-electron chi connectivity index (χ1n) is 14.0. The van der Waals surface area contributed by atoms with Crippen molar-refractivity contribution in [2.75, 3.05) is 37.7 Å². The van der Waals surface area contributed by atoms with E-state index in [4.69, 9.17) is 9.47 Å². The molecule has 9 nitrogen and oxygen atoms in total. The van der Waals surface area contributed by atoms with Gasteiger partial charge in [0, 0.05) is 19.6 Å². The Labute approximate surface area is 241 Å². The summed E-state index contributed by atoms with van der Waals surface area (Å²) >= 11 is 0. The van der Waals surface area contributed by atoms with Crippen molar-refractivity contribution in [1.29, 1.82) is 0 Å². The van der Waals surface area contributed by atoms with E-state index in [1.807, 2.05) is 30.3 Å². The molecule has 1 atom stereocenters. The van der Waals surface area contributed by atoms with Gasteiger partial charge in [-0.05, 0) is 61.2 Å². The van der Waals surface area contributed by atoms with Gasteiger partial charge in [0.1, 0.15) is 11.5 Å². The fourth-order valence-corrected chi connectivity index (χ4v) is 6.57. The summed E-state index contributed by atoms with van der Waals surface area (Å²) in [6.07, 6.45) is 3.63. The number of carbonyl (C=O) groups excluding carboxylic acids is 2. The van der Waals surface area contributed by atoms with Crippen LogP contribution in [-0.4, -0.2) is 63.4 Å². The first-order chi connectivity index (χ1) is 19.9. The normalized spacial score (nSPS) is 17.6. The van der Waals surface area contributed by atoms with E-state index >= 15 is 0 Å². The van der Waals surface area contributed by atoms with Crippen molar-refractivity contribution in [2.24, 2.45) is 0 Å². The van der Waals surface area contributed by atoms with Gasteiger partial charge in [-0.1, -0.05) is 55.3 Å². The first-order valence-corrected chi connectivity index (χ1v) is 15.5. The molecule has 3 aromatic rings. The third-order valence-electron chi connectivity index (χ3n) is 7.31. The molecule has 0 aliphatic carbocycles. The van der Waals surface area contributed by atoms with Gasteiger partial charge in [-0.2, -0.15) is 4.31 Å². The Morgan fingerprint density at radius 1 is 0.878 bits per heavy atom. The van der Waals surface area contributed by atoms with Gasteiger partial charge in [-0.15, -0.1) is 0 Å². The molecule has 0 saturated carbocycles. The molecule has 0 bridgehead atoms. The van der Waals surface area contributed by atoms with Gasteiger partial charge in [0.2, 0.25) is 10.0 Å². The number of hydrogen-bond acceptors (Lipinski definition) is 6. The van der Waals surface area contributed by atoms with Gasteiger partial charge in [0.15, 0.2) is 12.7 Å². The molecule has 2 heterocycles. The molecule has 216 valence electrons. The number of para-hydroxylation sites is 2. The highest BCUT2D eigenvalue weighted by atomic mass is 32.2. The topological polar surface area (TPSA) is 105 Å². The summed E-state index contributed by atoms with van der Waals surface area (Å²) in [5.41, 5.74) is 1.68. The zero-order chi connectivity index (χ0) is 28.7. The predicted octanol–water partition coefficient (Wildman–Crippen LogP) is 3.78. The van der Waals surface area contributed by atoms with E-state index in [1.54, 1.807) is 40.7 Å². The van der Waals surface area contributed by atoms with Crippen LogP contribution in [0.2, 0.25) is 0 Å². The number of anilines is 1. The number of benzene rings is 3. The molecule has 3 aromatic carbocycles. The van der Waals surface area contributed by atoms with E-state index < -0.39 is 16.1 Å². The molecule has 2 aliphatic heterocycles. The van der Waals surface area contributed by atoms with E-state index in [0.717, 1.165) is 31.2 Å². The first kappa shape index (κ1) is 28.6. The molecule has 2 aliphatic rings. The summed E-state index contributed by atoms with van der Waals surface area (Å²) < 4.78 is 39.3. The Kier molecular flexibility index (Phi) is 9.21. The van der Waals surface area contributed by atoms with E-state index in [2.05, 4.69) is 5.32 Å². The van der Waals surface area contributed by atoms with E-state index in [-0.39, 0.29) is 29.9 Å². The fourth-order valence-electron chi connectivity index (χ4n) is 5.06. The summed E-state index contributed by atoms with van der Waals surface area (Å²) in [5.74, 6) is 0.183. The third kappa shape index (κ3) is 7.07. The number of fused-ring (bicyclic) bond motifs is 1. The maximum Gasteiger partial charge on any atom is 0.265 e. The van der Waals surface area contributed by atoms with Crippen molar-refractivity contribution < 1.29 is 27.5 Å². The summed E-state index contributed by atoms with van der Waals surface area (Å²) in [5, 5.41) is 2.91. The zero-order valence-corrected chi connectivity index (χ0v) is 23.7. The van der Waals surface area contributed by atoms with Crippen molar-refractivity contribution in [3.8, 4) is 11.5 Å². The van der Waals surface area contributed by atoms with Crippen LogP contribution in [0.4, 0.5) is 5.69 Å². The minimum atomic E-state index is -3.57. The average Bonchev–Trinajstić information content (AvgIpc) is 3.30. The standard InChI is InChI=1S/C31H35N3O6S/c35-30(23-39-25-14-16-26(17-15-25)41(37,38)33-20-8-1-2-9-21-33)34-22-29(40-28-13-7-6-12-27(28)34)31(36)32-19-18-24-10-4-3-5-11-24/h3-7,10-17,29H,1-2,8-9,18-23H2,(H,32,36)/t29-/m1/s1. The maximum absolute atomic E-state index is 13.3. The second kappa shape index (κ2) is 13.2. The molecule has 0 radical (unpaired) electrons. The number of rotatable bonds is 9. The SMILES string of the molecule is O=C(NCCc1ccccc1)[C@H]1CN(C(=O)COc2ccc(S(=O)(=O)N3CCCCCC3)cc2)c2ccccc2O1. The molecule has 41 heavy (non-hydrogen) atoms. The minimum Gasteiger partial charge on any atom is -0.484 e. The average molecular weight is 578 g/mol. The number of nitrogens with one attached hydrogen (secondary N) is 1. The van der Waals surface area contributed by atoms with Crippen LogP contribution < -0.4 is 19.7 Å². The van der Waals surface area contributed by atoms with Crippen LogP contribution in [0.25, 0.3) is 0 Å². The van der Waals surface area contributed by atoms with Crippen LogP contribution in [-0.2, 0) is 26.0 Å². The van der Waals surface area contributed by atoms with Crippen LogP contribution in [0.1, 0.15) is 31.2 Å². The summed E-state index contributed by atoms with van der Waals surface area (Å²) in [4.78, 5) is 27.9. The largest absolute Gasteiger partial charge is 0.484 e. The molecule has 0 spiro atoms. The summed E-state index contributed by atoms with van der Waals surface area (Å²) in [6.45, 7) is 1.27. The Hall–Kier alpha value is -3.89. The fraction of sp³-hybridized carbons (Fsp3) is 0.355. The number of hydrogen-bond donors (Lipinski definition) is 1. The number of carbonyl (C=O) groups is 2. The summed E-state index contributed by atoms with van der Waals surface area (Å²) in [7, 11) is -3.57. The van der Waals surface area contributed by atoms with Gasteiger partial charge in [0.05, 0.1) is 17.1 Å². The van der Waals surface area contributed by atoms with Gasteiger partial charge in [-0.3, -0.25) is 9.59 Å². The number of ether oxygens (including phenoxy) is 2. The van der Waals surface area contributed by atoms with Crippen LogP contribution in [0.15, 0.2) is 83.8 Å². The van der Waals surface area contributed by atoms with Crippen molar-refractivity contribution in [3.63, 3.8) is 0 Å². The Morgan fingerprint density at radius 2 is 1.56 bits per heavy atom. The Bertz CT molecular complexity index is 1440. The number of nitrogens with zero attached hydrogens (tertiary/aromatic N) is 2. The molecule has 1 fully saturated rings. The van der Waals surface area contributed by atoms with E-state index in [9.17, 15) is 18.0 Å². The van der Waals surface area contributed by atoms with Crippen LogP contribution in [0, 0.1) is 0 Å². The third-order valence-corrected chi connectivity index (χ3v) is 9.22. The molecular formula is C31H35N3O6S. The van der Waals surface area contributed by atoms with Gasteiger partial charge >= 0.3 is 0 Å². The molecule has 1 N–H and O–H groups in total. The molecule has 10 heteroatoms. The molecule has 2 amide bonds. The highest BCUT2D eigenvalue weighted by Gasteiger charge is 2.34. The van der Waals surface area contributed by atoms with Crippen molar-refractivity contribution in [3.05, 3.63) is 84.4 Å². The zero-order valence-electron chi connectivity index (χ0n) is 22.9. The van der Waals surface area contributed by atoms with Gasteiger partial charge in [0.25, 0.3) is 11.8 Å². The second-order valence-corrected chi connectivity index (χ2v) is 12.1. The van der Waals surface area contributed by atoms with Crippen molar-refractivity contribution in [2.45, 2.75) is 43.1 Å². The highest BCUT2D eigenvalue weighted by Crippen LogP contribution is 2.33. The molecule has 1 saturated heterocycles. The van der Waals surface area contributed by atoms with E-state index in [0.29, 0.717) is 43.2 Å². The maximum atomic E-state index is 13.3. The monoisotopic (exact) mass is 577 g/mol. The number of sulfonamides is 1. The molecular weight excluding hydrogens is 542 g/mol. The minimum absolute atomic E-state index is 0.0450. The predicted molar refractivity (Wildman–Crippen MR) is 156 cm³/mol. The summed E-state index contributed by atoms with van der Waals surface area (Å²) in [6, 6.07) is 23.1. The molecule has 0 unspecified atom stereocenters. The Balaban J connectivity index is 1.19. The van der Waals surface area contributed by atoms with Gasteiger partial charge in [-0.25, -0.2) is 8.42 Å². The Morgan fingerprint density at radius 3 is 2.29 bits per heavy atom. The van der Waals surface area contributed by atoms with Crippen LogP contribution in [0.5, 0.6) is 11.5 Å². The molecule has 0 aromatic heterocycles. The lowest BCUT2D eigenvalue weighted by atomic mass is 10.1. The number of amides is 2. The quantitative estimate of drug-likeness (QED) is 0.415. The van der Waals surface area contributed by atoms with Crippen LogP contribution in [0.3, 0.4) is 0 Å². The van der Waals surface area contributed by atoms with E-state index in [1.165, 1.54) is 17.0 Å². The van der Waals surface area contributed by atoms with Crippen molar-refractivity contribution in [1.82, 2.24) is 9.62 Å². The van der Waals surface area contributed by atoms with Crippen molar-refractivity contribution >= 4 is 27.5 Å². The van der Waals surface area contributed by atoms with Crippen LogP contribution >= 0.6 is 0 Å². The second-order valence-electron chi connectivity index (χ2n) is 10.2. The lowest BCUT2D eigenvalue weighted by molar-refractivity contribution is -0.128. The molecule has 5 rings (SSSR count). The highest BCUT2D eigenvalue weighted by molar-refractivity contribution is 7.89. The lowest BCUT2D eigenvalue weighted by Crippen LogP contribution is -2.52. The van der Waals surface area contributed by atoms with Gasteiger partial charge < -0.3 is 19.7 Å². The lowest BCUT2D eigenvalue weighted by Gasteiger charge is -2.34.